The molecule has 0 aromatic heterocycles. The predicted molar refractivity (Wildman–Crippen MR) is 66.9 cm³/mol. The van der Waals surface area contributed by atoms with Gasteiger partial charge in [0.15, 0.2) is 5.79 Å². The summed E-state index contributed by atoms with van der Waals surface area (Å²) in [6, 6.07) is 0. The van der Waals surface area contributed by atoms with Gasteiger partial charge in [-0.2, -0.15) is 0 Å². The Morgan fingerprint density at radius 1 is 1.28 bits per heavy atom. The van der Waals surface area contributed by atoms with Crippen LogP contribution in [0.25, 0.3) is 0 Å². The molecule has 0 aromatic carbocycles. The second-order valence-corrected chi connectivity index (χ2v) is 6.16. The lowest BCUT2D eigenvalue weighted by molar-refractivity contribution is -0.191. The molecule has 2 saturated carbocycles. The third kappa shape index (κ3) is 2.69. The summed E-state index contributed by atoms with van der Waals surface area (Å²) in [6.45, 7) is 3.51. The van der Waals surface area contributed by atoms with Crippen LogP contribution in [0, 0.1) is 11.8 Å². The van der Waals surface area contributed by atoms with Gasteiger partial charge in [-0.3, -0.25) is 4.79 Å². The fourth-order valence-electron chi connectivity index (χ4n) is 2.89. The lowest BCUT2D eigenvalue weighted by atomic mass is 9.86. The molecule has 2 aliphatic carbocycles. The molecule has 0 aromatic rings. The average molecular weight is 253 g/mol. The van der Waals surface area contributed by atoms with Crippen molar-refractivity contribution in [3.63, 3.8) is 0 Å². The van der Waals surface area contributed by atoms with Gasteiger partial charge in [0.05, 0.1) is 6.61 Å². The van der Waals surface area contributed by atoms with Gasteiger partial charge in [-0.15, -0.1) is 0 Å². The van der Waals surface area contributed by atoms with E-state index in [-0.39, 0.29) is 23.7 Å². The SMILES string of the molecule is CC1CCC2(CC1)OC[C@@H](CNC(=O)C1CC1)O2. The van der Waals surface area contributed by atoms with Crippen molar-refractivity contribution in [2.75, 3.05) is 13.2 Å². The van der Waals surface area contributed by atoms with Crippen LogP contribution in [0.2, 0.25) is 0 Å². The van der Waals surface area contributed by atoms with Gasteiger partial charge in [0.25, 0.3) is 0 Å². The maximum atomic E-state index is 11.6. The summed E-state index contributed by atoms with van der Waals surface area (Å²) in [6.07, 6.45) is 6.51. The predicted octanol–water partition coefficient (Wildman–Crippen LogP) is 1.83. The molecule has 1 aliphatic heterocycles. The standard InChI is InChI=1S/C14H23NO3/c1-10-4-6-14(7-5-10)17-9-12(18-14)8-15-13(16)11-2-3-11/h10-12H,2-9H2,1H3,(H,15,16)/t10?,12-,14?/m1/s1. The number of amides is 1. The van der Waals surface area contributed by atoms with E-state index in [1.807, 2.05) is 0 Å². The van der Waals surface area contributed by atoms with Crippen molar-refractivity contribution in [1.82, 2.24) is 5.32 Å². The van der Waals surface area contributed by atoms with E-state index in [1.54, 1.807) is 0 Å². The van der Waals surface area contributed by atoms with E-state index in [2.05, 4.69) is 12.2 Å². The van der Waals surface area contributed by atoms with E-state index in [4.69, 9.17) is 9.47 Å². The number of carbonyl (C=O) groups is 1. The summed E-state index contributed by atoms with van der Waals surface area (Å²) < 4.78 is 11.9. The third-order valence-corrected chi connectivity index (χ3v) is 4.40. The summed E-state index contributed by atoms with van der Waals surface area (Å²) in [5.74, 6) is 0.923. The molecule has 3 fully saturated rings. The average Bonchev–Trinajstić information content (AvgIpc) is 3.15. The summed E-state index contributed by atoms with van der Waals surface area (Å²) in [7, 11) is 0. The van der Waals surface area contributed by atoms with E-state index in [0.717, 1.165) is 31.6 Å². The molecule has 1 amide bonds. The van der Waals surface area contributed by atoms with Crippen molar-refractivity contribution in [2.45, 2.75) is 57.3 Å². The Bertz CT molecular complexity index is 319. The summed E-state index contributed by atoms with van der Waals surface area (Å²) in [5, 5.41) is 2.97. The van der Waals surface area contributed by atoms with Gasteiger partial charge in [0, 0.05) is 25.3 Å². The number of rotatable bonds is 3. The molecule has 102 valence electrons. The van der Waals surface area contributed by atoms with Crippen LogP contribution in [0.1, 0.15) is 45.4 Å². The largest absolute Gasteiger partial charge is 0.353 e. The van der Waals surface area contributed by atoms with E-state index in [9.17, 15) is 4.79 Å². The Hall–Kier alpha value is -0.610. The highest BCUT2D eigenvalue weighted by atomic mass is 16.7. The Morgan fingerprint density at radius 2 is 2.00 bits per heavy atom. The van der Waals surface area contributed by atoms with Gasteiger partial charge in [-0.05, 0) is 31.6 Å². The minimum Gasteiger partial charge on any atom is -0.353 e. The lowest BCUT2D eigenvalue weighted by Crippen LogP contribution is -2.38. The number of nitrogens with one attached hydrogen (secondary N) is 1. The minimum absolute atomic E-state index is 0.0427. The first-order valence-electron chi connectivity index (χ1n) is 7.26. The maximum absolute atomic E-state index is 11.6. The van der Waals surface area contributed by atoms with E-state index < -0.39 is 0 Å². The maximum Gasteiger partial charge on any atom is 0.223 e. The van der Waals surface area contributed by atoms with Crippen molar-refractivity contribution in [3.8, 4) is 0 Å². The van der Waals surface area contributed by atoms with E-state index in [0.29, 0.717) is 13.2 Å². The molecule has 4 nitrogen and oxygen atoms in total. The van der Waals surface area contributed by atoms with Crippen molar-refractivity contribution >= 4 is 5.91 Å². The Kier molecular flexibility index (Phi) is 3.32. The Morgan fingerprint density at radius 3 is 2.67 bits per heavy atom. The summed E-state index contributed by atoms with van der Waals surface area (Å²) in [5.41, 5.74) is 0. The van der Waals surface area contributed by atoms with Crippen molar-refractivity contribution < 1.29 is 14.3 Å². The van der Waals surface area contributed by atoms with Crippen LogP contribution in [0.5, 0.6) is 0 Å². The van der Waals surface area contributed by atoms with Crippen LogP contribution >= 0.6 is 0 Å². The fraction of sp³-hybridized carbons (Fsp3) is 0.929. The molecule has 0 unspecified atom stereocenters. The van der Waals surface area contributed by atoms with E-state index in [1.165, 1.54) is 12.8 Å². The first kappa shape index (κ1) is 12.4. The fourth-order valence-corrected chi connectivity index (χ4v) is 2.89. The van der Waals surface area contributed by atoms with Gasteiger partial charge in [-0.25, -0.2) is 0 Å². The zero-order valence-corrected chi connectivity index (χ0v) is 11.1. The molecule has 3 aliphatic rings. The molecule has 0 radical (unpaired) electrons. The lowest BCUT2D eigenvalue weighted by Gasteiger charge is -2.34. The normalized spacial score (nSPS) is 40.1. The van der Waals surface area contributed by atoms with Gasteiger partial charge >= 0.3 is 0 Å². The molecule has 0 bridgehead atoms. The highest BCUT2D eigenvalue weighted by Crippen LogP contribution is 2.39. The van der Waals surface area contributed by atoms with Gasteiger partial charge in [0.1, 0.15) is 6.10 Å². The van der Waals surface area contributed by atoms with Crippen LogP contribution in [-0.4, -0.2) is 30.9 Å². The minimum atomic E-state index is -0.332. The second kappa shape index (κ2) is 4.82. The highest BCUT2D eigenvalue weighted by Gasteiger charge is 2.43. The second-order valence-electron chi connectivity index (χ2n) is 6.16. The topological polar surface area (TPSA) is 47.6 Å². The summed E-state index contributed by atoms with van der Waals surface area (Å²) in [4.78, 5) is 11.6. The molecule has 3 rings (SSSR count). The number of carbonyl (C=O) groups excluding carboxylic acids is 1. The molecule has 1 spiro atoms. The van der Waals surface area contributed by atoms with Crippen LogP contribution in [0.15, 0.2) is 0 Å². The molecule has 18 heavy (non-hydrogen) atoms. The first-order chi connectivity index (χ1) is 8.67. The highest BCUT2D eigenvalue weighted by molar-refractivity contribution is 5.80. The number of hydrogen-bond donors (Lipinski definition) is 1. The number of hydrogen-bond acceptors (Lipinski definition) is 3. The molecular formula is C14H23NO3. The molecular weight excluding hydrogens is 230 g/mol. The molecule has 4 heteroatoms. The van der Waals surface area contributed by atoms with Crippen LogP contribution in [-0.2, 0) is 14.3 Å². The molecule has 1 heterocycles. The molecule has 1 N–H and O–H groups in total. The number of ether oxygens (including phenoxy) is 2. The zero-order chi connectivity index (χ0) is 12.6. The van der Waals surface area contributed by atoms with Crippen LogP contribution in [0.3, 0.4) is 0 Å². The van der Waals surface area contributed by atoms with Gasteiger partial charge in [0.2, 0.25) is 5.91 Å². The van der Waals surface area contributed by atoms with Crippen LogP contribution in [0.4, 0.5) is 0 Å². The van der Waals surface area contributed by atoms with Gasteiger partial charge < -0.3 is 14.8 Å². The van der Waals surface area contributed by atoms with Crippen molar-refractivity contribution in [3.05, 3.63) is 0 Å². The molecule has 1 saturated heterocycles. The smallest absolute Gasteiger partial charge is 0.223 e. The molecule has 1 atom stereocenters. The van der Waals surface area contributed by atoms with Gasteiger partial charge in [-0.1, -0.05) is 6.92 Å². The summed E-state index contributed by atoms with van der Waals surface area (Å²) >= 11 is 0. The first-order valence-corrected chi connectivity index (χ1v) is 7.26. The Labute approximate surface area is 108 Å². The quantitative estimate of drug-likeness (QED) is 0.834. The van der Waals surface area contributed by atoms with Crippen LogP contribution < -0.4 is 5.32 Å². The third-order valence-electron chi connectivity index (χ3n) is 4.40. The zero-order valence-electron chi connectivity index (χ0n) is 11.1. The monoisotopic (exact) mass is 253 g/mol. The Balaban J connectivity index is 1.44. The van der Waals surface area contributed by atoms with Crippen molar-refractivity contribution in [2.24, 2.45) is 11.8 Å². The van der Waals surface area contributed by atoms with Crippen molar-refractivity contribution in [1.29, 1.82) is 0 Å². The van der Waals surface area contributed by atoms with E-state index >= 15 is 0 Å².